The van der Waals surface area contributed by atoms with Crippen molar-refractivity contribution in [3.05, 3.63) is 58.0 Å². The summed E-state index contributed by atoms with van der Waals surface area (Å²) in [6.07, 6.45) is 0. The smallest absolute Gasteiger partial charge is 0.0431 e. The van der Waals surface area contributed by atoms with Crippen LogP contribution in [0.4, 0.5) is 0 Å². The van der Waals surface area contributed by atoms with Crippen LogP contribution >= 0.6 is 38.9 Å². The molecule has 0 aliphatic rings. The summed E-state index contributed by atoms with van der Waals surface area (Å²) in [4.78, 5) is 0. The summed E-state index contributed by atoms with van der Waals surface area (Å²) in [7, 11) is 0. The molecule has 0 atom stereocenters. The van der Waals surface area contributed by atoms with Gasteiger partial charge in [0.1, 0.15) is 0 Å². The highest BCUT2D eigenvalue weighted by Gasteiger charge is 2.10. The number of halogens is 2. The Bertz CT molecular complexity index is 940. The van der Waals surface area contributed by atoms with E-state index in [1.165, 1.54) is 30.9 Å². The van der Waals surface area contributed by atoms with Crippen LogP contribution in [0.1, 0.15) is 0 Å². The Hall–Kier alpha value is -1.09. The molecule has 0 aliphatic carbocycles. The Morgan fingerprint density at radius 1 is 0.895 bits per heavy atom. The highest BCUT2D eigenvalue weighted by atomic mass is 79.9. The Morgan fingerprint density at radius 3 is 2.42 bits per heavy atom. The molecule has 0 unspecified atom stereocenters. The third-order valence-electron chi connectivity index (χ3n) is 3.36. The molecule has 0 nitrogen and oxygen atoms in total. The van der Waals surface area contributed by atoms with E-state index in [0.29, 0.717) is 0 Å². The first kappa shape index (κ1) is 11.7. The van der Waals surface area contributed by atoms with Crippen molar-refractivity contribution < 1.29 is 0 Å². The van der Waals surface area contributed by atoms with E-state index in [-0.39, 0.29) is 0 Å². The van der Waals surface area contributed by atoms with Crippen molar-refractivity contribution in [3.63, 3.8) is 0 Å². The van der Waals surface area contributed by atoms with Gasteiger partial charge in [-0.05, 0) is 35.0 Å². The molecule has 1 aromatic heterocycles. The van der Waals surface area contributed by atoms with E-state index >= 15 is 0 Å². The van der Waals surface area contributed by atoms with Crippen LogP contribution in [0, 0.1) is 0 Å². The van der Waals surface area contributed by atoms with Crippen molar-refractivity contribution >= 4 is 69.8 Å². The second-order valence-corrected chi connectivity index (χ2v) is 6.93. The first-order chi connectivity index (χ1) is 9.22. The lowest BCUT2D eigenvalue weighted by atomic mass is 10.1. The molecule has 19 heavy (non-hydrogen) atoms. The van der Waals surface area contributed by atoms with E-state index < -0.39 is 0 Å². The molecule has 3 aromatic carbocycles. The number of thiophene rings is 1. The van der Waals surface area contributed by atoms with Crippen LogP contribution in [-0.2, 0) is 0 Å². The van der Waals surface area contributed by atoms with Gasteiger partial charge in [-0.1, -0.05) is 51.8 Å². The van der Waals surface area contributed by atoms with Gasteiger partial charge < -0.3 is 0 Å². The quantitative estimate of drug-likeness (QED) is 0.335. The van der Waals surface area contributed by atoms with E-state index in [9.17, 15) is 0 Å². The van der Waals surface area contributed by atoms with Crippen molar-refractivity contribution in [1.29, 1.82) is 0 Å². The molecule has 0 amide bonds. The zero-order valence-electron chi connectivity index (χ0n) is 9.78. The molecule has 0 aliphatic heterocycles. The Morgan fingerprint density at radius 2 is 1.63 bits per heavy atom. The Balaban J connectivity index is 2.26. The van der Waals surface area contributed by atoms with Gasteiger partial charge in [-0.15, -0.1) is 11.3 Å². The van der Waals surface area contributed by atoms with Crippen molar-refractivity contribution in [2.45, 2.75) is 0 Å². The van der Waals surface area contributed by atoms with Gasteiger partial charge in [0.25, 0.3) is 0 Å². The molecule has 92 valence electrons. The number of rotatable bonds is 0. The predicted octanol–water partition coefficient (Wildman–Crippen LogP) is 6.62. The minimum Gasteiger partial charge on any atom is -0.135 e. The van der Waals surface area contributed by atoms with Gasteiger partial charge >= 0.3 is 0 Å². The maximum atomic E-state index is 6.13. The summed E-state index contributed by atoms with van der Waals surface area (Å²) in [5.74, 6) is 0. The molecule has 0 saturated heterocycles. The lowest BCUT2D eigenvalue weighted by molar-refractivity contribution is 1.78. The normalized spacial score (nSPS) is 11.7. The van der Waals surface area contributed by atoms with Crippen LogP contribution in [0.15, 0.2) is 53.0 Å². The molecule has 0 bridgehead atoms. The number of hydrogen-bond acceptors (Lipinski definition) is 1. The molecule has 3 heteroatoms. The van der Waals surface area contributed by atoms with E-state index in [2.05, 4.69) is 52.3 Å². The number of fused-ring (bicyclic) bond motifs is 4. The van der Waals surface area contributed by atoms with Gasteiger partial charge in [0.2, 0.25) is 0 Å². The van der Waals surface area contributed by atoms with Gasteiger partial charge in [-0.3, -0.25) is 0 Å². The zero-order chi connectivity index (χ0) is 13.0. The van der Waals surface area contributed by atoms with Crippen LogP contribution in [0.25, 0.3) is 30.9 Å². The molecule has 0 radical (unpaired) electrons. The van der Waals surface area contributed by atoms with Crippen molar-refractivity contribution in [1.82, 2.24) is 0 Å². The van der Waals surface area contributed by atoms with Gasteiger partial charge in [0.05, 0.1) is 0 Å². The van der Waals surface area contributed by atoms with Crippen LogP contribution in [-0.4, -0.2) is 0 Å². The minimum absolute atomic E-state index is 0.774. The lowest BCUT2D eigenvalue weighted by Gasteiger charge is -1.99. The minimum atomic E-state index is 0.774. The van der Waals surface area contributed by atoms with E-state index in [4.69, 9.17) is 11.6 Å². The molecular formula is C16H8BrClS. The molecule has 0 N–H and O–H groups in total. The van der Waals surface area contributed by atoms with Gasteiger partial charge in [-0.25, -0.2) is 0 Å². The Kier molecular flexibility index (Phi) is 2.59. The SMILES string of the molecule is Clc1cc(Br)c2c(c1)sc1cc3ccccc3cc12. The maximum absolute atomic E-state index is 6.13. The topological polar surface area (TPSA) is 0 Å². The van der Waals surface area contributed by atoms with Crippen molar-refractivity contribution in [3.8, 4) is 0 Å². The van der Waals surface area contributed by atoms with Crippen molar-refractivity contribution in [2.24, 2.45) is 0 Å². The first-order valence-corrected chi connectivity index (χ1v) is 7.91. The van der Waals surface area contributed by atoms with Crippen LogP contribution in [0.3, 0.4) is 0 Å². The molecule has 0 fully saturated rings. The molecule has 4 rings (SSSR count). The fourth-order valence-corrected chi connectivity index (χ4v) is 4.93. The van der Waals surface area contributed by atoms with Gasteiger partial charge in [0, 0.05) is 29.7 Å². The average molecular weight is 348 g/mol. The van der Waals surface area contributed by atoms with Crippen LogP contribution < -0.4 is 0 Å². The van der Waals surface area contributed by atoms with Crippen LogP contribution in [0.5, 0.6) is 0 Å². The first-order valence-electron chi connectivity index (χ1n) is 5.92. The highest BCUT2D eigenvalue weighted by molar-refractivity contribution is 9.10. The molecule has 0 saturated carbocycles. The molecular weight excluding hydrogens is 340 g/mol. The third kappa shape index (κ3) is 1.78. The summed E-state index contributed by atoms with van der Waals surface area (Å²) in [6, 6.07) is 17.0. The Labute approximate surface area is 127 Å². The number of hydrogen-bond donors (Lipinski definition) is 0. The van der Waals surface area contributed by atoms with E-state index in [1.54, 1.807) is 11.3 Å². The summed E-state index contributed by atoms with van der Waals surface area (Å²) >= 11 is 11.6. The standard InChI is InChI=1S/C16H8BrClS/c17-13-7-11(18)8-15-16(13)12-5-9-3-1-2-4-10(9)6-14(12)19-15/h1-8H. The van der Waals surface area contributed by atoms with Crippen molar-refractivity contribution in [2.75, 3.05) is 0 Å². The fraction of sp³-hybridized carbons (Fsp3) is 0. The van der Waals surface area contributed by atoms with E-state index in [1.807, 2.05) is 12.1 Å². The predicted molar refractivity (Wildman–Crippen MR) is 89.5 cm³/mol. The summed E-state index contributed by atoms with van der Waals surface area (Å²) < 4.78 is 3.60. The fourth-order valence-electron chi connectivity index (χ4n) is 2.51. The molecule has 1 heterocycles. The second kappa shape index (κ2) is 4.20. The summed E-state index contributed by atoms with van der Waals surface area (Å²) in [5, 5.41) is 5.88. The zero-order valence-corrected chi connectivity index (χ0v) is 12.9. The summed E-state index contributed by atoms with van der Waals surface area (Å²) in [5.41, 5.74) is 0. The highest BCUT2D eigenvalue weighted by Crippen LogP contribution is 2.41. The third-order valence-corrected chi connectivity index (χ3v) is 5.30. The average Bonchev–Trinajstić information content (AvgIpc) is 2.72. The largest absolute Gasteiger partial charge is 0.135 e. The number of benzene rings is 3. The summed E-state index contributed by atoms with van der Waals surface area (Å²) in [6.45, 7) is 0. The van der Waals surface area contributed by atoms with Gasteiger partial charge in [0.15, 0.2) is 0 Å². The van der Waals surface area contributed by atoms with Gasteiger partial charge in [-0.2, -0.15) is 0 Å². The van der Waals surface area contributed by atoms with Crippen LogP contribution in [0.2, 0.25) is 5.02 Å². The van der Waals surface area contributed by atoms with E-state index in [0.717, 1.165) is 9.50 Å². The second-order valence-electron chi connectivity index (χ2n) is 4.56. The maximum Gasteiger partial charge on any atom is 0.0431 e. The lowest BCUT2D eigenvalue weighted by Crippen LogP contribution is -1.73. The molecule has 0 spiro atoms. The molecule has 4 aromatic rings. The monoisotopic (exact) mass is 346 g/mol.